The van der Waals surface area contributed by atoms with E-state index < -0.39 is 27.1 Å². The Kier molecular flexibility index (Phi) is 20.1. The lowest BCUT2D eigenvalue weighted by Crippen LogP contribution is -2.38. The molecular formula is C57H69ClN12O6S2Si. The summed E-state index contributed by atoms with van der Waals surface area (Å²) in [5.41, 5.74) is 18.0. The quantitative estimate of drug-likeness (QED) is 0.0400. The summed E-state index contributed by atoms with van der Waals surface area (Å²) >= 11 is 0. The van der Waals surface area contributed by atoms with Crippen LogP contribution in [0.25, 0.3) is 44.1 Å². The second kappa shape index (κ2) is 26.1. The van der Waals surface area contributed by atoms with Crippen LogP contribution in [-0.2, 0) is 33.2 Å². The molecule has 4 aromatic carbocycles. The third kappa shape index (κ3) is 18.1. The molecule has 2 aliphatic carbocycles. The van der Waals surface area contributed by atoms with E-state index in [1.165, 1.54) is 0 Å². The first-order valence-electron chi connectivity index (χ1n) is 24.9. The second-order valence-corrected chi connectivity index (χ2v) is 29.8. The molecule has 4 heterocycles. The zero-order valence-corrected chi connectivity index (χ0v) is 47.2. The first-order valence-corrected chi connectivity index (χ1v) is 32.3. The number of anilines is 4. The summed E-state index contributed by atoms with van der Waals surface area (Å²) in [6.45, 7) is 11.0. The fraction of sp³-hybridized carbons (Fsp3) is 0.333. The molecule has 10 rings (SSSR count). The maximum atomic E-state index is 12.2. The first-order chi connectivity index (χ1) is 36.5. The molecule has 8 aromatic rings. The number of benzene rings is 4. The summed E-state index contributed by atoms with van der Waals surface area (Å²) in [6.07, 6.45) is 19.4. The van der Waals surface area contributed by atoms with Crippen LogP contribution in [0.2, 0.25) is 19.6 Å². The molecule has 0 amide bonds. The van der Waals surface area contributed by atoms with E-state index in [1.807, 2.05) is 119 Å². The number of halogens is 1. The molecule has 416 valence electrons. The van der Waals surface area contributed by atoms with Crippen molar-refractivity contribution in [1.82, 2.24) is 44.2 Å². The van der Waals surface area contributed by atoms with Crippen LogP contribution >= 0.6 is 10.7 Å². The van der Waals surface area contributed by atoms with Crippen LogP contribution in [0, 0.1) is 23.8 Å². The van der Waals surface area contributed by atoms with Gasteiger partial charge >= 0.3 is 0 Å². The van der Waals surface area contributed by atoms with E-state index in [9.17, 15) is 16.8 Å². The SMILES string of the molecule is C.C.C#Cc1ccc2nc(Nc3cc(OC[C@@H](C)NS(=O)(=O)C4CC4)cc(-c4cnn(C)c4)c3)ncc2c1.C[C@@H](N)COc1cc(Nc2ncc3cc(C#C[Si](C)(C)C)ccc3n2)cc(-c2cnn(C)c2)c1.O=S(=O)(Cl)C1CC1. The molecule has 79 heavy (non-hydrogen) atoms. The van der Waals surface area contributed by atoms with Crippen molar-refractivity contribution in [3.05, 3.63) is 121 Å². The van der Waals surface area contributed by atoms with Gasteiger partial charge in [-0.3, -0.25) is 9.36 Å². The largest absolute Gasteiger partial charge is 0.492 e. The highest BCUT2D eigenvalue weighted by molar-refractivity contribution is 8.14. The Labute approximate surface area is 469 Å². The fourth-order valence-corrected chi connectivity index (χ4v) is 10.8. The van der Waals surface area contributed by atoms with Crippen molar-refractivity contribution in [1.29, 1.82) is 0 Å². The average Bonchev–Trinajstić information content (AvgIpc) is 4.34. The van der Waals surface area contributed by atoms with E-state index >= 15 is 0 Å². The molecule has 2 aliphatic rings. The zero-order chi connectivity index (χ0) is 55.1. The highest BCUT2D eigenvalue weighted by Gasteiger charge is 2.36. The smallest absolute Gasteiger partial charge is 0.235 e. The van der Waals surface area contributed by atoms with E-state index in [2.05, 4.69) is 77.5 Å². The predicted molar refractivity (Wildman–Crippen MR) is 322 cm³/mol. The monoisotopic (exact) mass is 1140 g/mol. The van der Waals surface area contributed by atoms with Crippen molar-refractivity contribution >= 4 is 82.9 Å². The summed E-state index contributed by atoms with van der Waals surface area (Å²) in [7, 11) is 0.770. The number of nitrogens with two attached hydrogens (primary N) is 1. The number of hydrogen-bond acceptors (Lipinski definition) is 15. The van der Waals surface area contributed by atoms with Crippen molar-refractivity contribution in [2.24, 2.45) is 19.8 Å². The van der Waals surface area contributed by atoms with Gasteiger partial charge in [-0.15, -0.1) is 12.0 Å². The Morgan fingerprint density at radius 1 is 0.696 bits per heavy atom. The van der Waals surface area contributed by atoms with Gasteiger partial charge in [0.1, 0.15) is 32.8 Å². The van der Waals surface area contributed by atoms with Crippen LogP contribution in [0.3, 0.4) is 0 Å². The number of aromatic nitrogens is 8. The number of fused-ring (bicyclic) bond motifs is 2. The molecule has 0 spiro atoms. The summed E-state index contributed by atoms with van der Waals surface area (Å²) in [6, 6.07) is 22.8. The third-order valence-electron chi connectivity index (χ3n) is 11.6. The van der Waals surface area contributed by atoms with Gasteiger partial charge in [-0.1, -0.05) is 46.3 Å². The number of ether oxygens (including phenoxy) is 2. The molecule has 0 aliphatic heterocycles. The molecule has 4 aromatic heterocycles. The normalized spacial score (nSPS) is 13.8. The van der Waals surface area contributed by atoms with E-state index in [-0.39, 0.29) is 44.0 Å². The summed E-state index contributed by atoms with van der Waals surface area (Å²) < 4.78 is 62.9. The van der Waals surface area contributed by atoms with E-state index in [0.29, 0.717) is 42.8 Å². The molecule has 5 N–H and O–H groups in total. The van der Waals surface area contributed by atoms with Gasteiger partial charge in [0.25, 0.3) is 0 Å². The van der Waals surface area contributed by atoms with E-state index in [1.54, 1.807) is 28.7 Å². The third-order valence-corrected chi connectivity index (χ3v) is 16.6. The molecule has 2 fully saturated rings. The van der Waals surface area contributed by atoms with Crippen molar-refractivity contribution in [3.8, 4) is 57.6 Å². The van der Waals surface area contributed by atoms with Gasteiger partial charge < -0.3 is 25.8 Å². The Morgan fingerprint density at radius 3 is 1.59 bits per heavy atom. The zero-order valence-electron chi connectivity index (χ0n) is 43.8. The van der Waals surface area contributed by atoms with Crippen LogP contribution in [0.5, 0.6) is 11.5 Å². The van der Waals surface area contributed by atoms with Gasteiger partial charge in [0.05, 0.1) is 40.0 Å². The van der Waals surface area contributed by atoms with Gasteiger partial charge in [-0.05, 0) is 111 Å². The number of aryl methyl sites for hydroxylation is 2. The molecule has 0 bridgehead atoms. The van der Waals surface area contributed by atoms with E-state index in [4.69, 9.17) is 37.3 Å². The van der Waals surface area contributed by atoms with Gasteiger partial charge in [-0.25, -0.2) is 41.5 Å². The first kappa shape index (κ1) is 60.8. The summed E-state index contributed by atoms with van der Waals surface area (Å²) in [5, 5.41) is 16.4. The summed E-state index contributed by atoms with van der Waals surface area (Å²) in [4.78, 5) is 18.2. The molecule has 2 atom stereocenters. The highest BCUT2D eigenvalue weighted by Crippen LogP contribution is 2.33. The van der Waals surface area contributed by atoms with Crippen molar-refractivity contribution in [3.63, 3.8) is 0 Å². The minimum Gasteiger partial charge on any atom is -0.492 e. The molecule has 22 heteroatoms. The lowest BCUT2D eigenvalue weighted by molar-refractivity contribution is 0.287. The highest BCUT2D eigenvalue weighted by atomic mass is 35.7. The molecule has 0 radical (unpaired) electrons. The topological polar surface area (TPSA) is 236 Å². The lowest BCUT2D eigenvalue weighted by atomic mass is 10.1. The average molecular weight is 1150 g/mol. The standard InChI is InChI=1S/C26H26N6O3S.C26H30N6OSi.C3H5ClO2S.2CH4/c1-4-18-5-8-25-20(9-18)13-27-26(30-25)29-22-10-19(21-14-28-32(3)15-21)11-23(12-22)35-16-17(2)31-36(33,34)24-6-7-24;1-18(27)17-33-24-12-20(22-15-29-32(2)16-22)11-23(13-24)30-26-28-14-21-10-19(6-7-25(21)31-26)8-9-34(3,4)5;4-7(5,6)3-1-2-3;;/h1,5,8-15,17,24,31H,6-7,16H2,2-3H3,(H,27,29,30);6-7,10-16,18H,17,27H2,1-5H3,(H,28,30,31);3H,1-2H2;2*1H4/t17-;18-;;;/m11.../s1. The molecule has 0 unspecified atom stereocenters. The van der Waals surface area contributed by atoms with Crippen LogP contribution in [-0.4, -0.2) is 100 Å². The van der Waals surface area contributed by atoms with Gasteiger partial charge in [0, 0.05) is 112 Å². The Balaban J connectivity index is 0.000000222. The van der Waals surface area contributed by atoms with Gasteiger partial charge in [-0.2, -0.15) is 10.2 Å². The second-order valence-electron chi connectivity index (χ2n) is 20.2. The van der Waals surface area contributed by atoms with Gasteiger partial charge in [0.2, 0.25) is 31.0 Å². The Morgan fingerprint density at radius 2 is 1.18 bits per heavy atom. The van der Waals surface area contributed by atoms with Crippen molar-refractivity contribution in [2.75, 3.05) is 23.8 Å². The Bertz CT molecular complexity index is 3770. The number of terminal acetylenes is 1. The van der Waals surface area contributed by atoms with Gasteiger partial charge in [0.15, 0.2) is 0 Å². The van der Waals surface area contributed by atoms with Crippen LogP contribution < -0.4 is 30.6 Å². The molecule has 0 saturated heterocycles. The van der Waals surface area contributed by atoms with Crippen molar-refractivity contribution < 1.29 is 26.3 Å². The molecule has 18 nitrogen and oxygen atoms in total. The fourth-order valence-electron chi connectivity index (χ4n) is 7.44. The number of hydrogen-bond donors (Lipinski definition) is 4. The number of sulfonamides is 1. The van der Waals surface area contributed by atoms with Crippen molar-refractivity contribution in [2.45, 2.75) is 96.6 Å². The predicted octanol–water partition coefficient (Wildman–Crippen LogP) is 10.3. The molecule has 2 saturated carbocycles. The maximum absolute atomic E-state index is 12.2. The minimum atomic E-state index is -3.29. The Hall–Kier alpha value is -7.37. The summed E-state index contributed by atoms with van der Waals surface area (Å²) in [5.74, 6) is 8.14. The van der Waals surface area contributed by atoms with E-state index in [0.717, 1.165) is 79.4 Å². The van der Waals surface area contributed by atoms with Crippen LogP contribution in [0.15, 0.2) is 110 Å². The number of rotatable bonds is 16. The van der Waals surface area contributed by atoms with Crippen LogP contribution in [0.1, 0.15) is 65.5 Å². The number of nitrogens with zero attached hydrogens (tertiary/aromatic N) is 8. The number of nitrogens with one attached hydrogen (secondary N) is 3. The van der Waals surface area contributed by atoms with Crippen LogP contribution in [0.4, 0.5) is 23.3 Å². The lowest BCUT2D eigenvalue weighted by Gasteiger charge is -2.16. The maximum Gasteiger partial charge on any atom is 0.235 e. The minimum absolute atomic E-state index is 0. The molecular weight excluding hydrogens is 1080 g/mol.